The Bertz CT molecular complexity index is 782. The summed E-state index contributed by atoms with van der Waals surface area (Å²) in [6, 6.07) is 12.4. The molecule has 0 amide bonds. The molecule has 2 heteroatoms. The van der Waals surface area contributed by atoms with Crippen LogP contribution in [0.25, 0.3) is 10.8 Å². The molecule has 0 heterocycles. The van der Waals surface area contributed by atoms with E-state index in [0.717, 1.165) is 43.9 Å². The van der Waals surface area contributed by atoms with Gasteiger partial charge in [-0.25, -0.2) is 4.79 Å². The Kier molecular flexibility index (Phi) is 5.41. The molecule has 140 valence electrons. The van der Waals surface area contributed by atoms with Gasteiger partial charge in [-0.15, -0.1) is 0 Å². The third-order valence-corrected chi connectivity index (χ3v) is 6.48. The van der Waals surface area contributed by atoms with E-state index < -0.39 is 0 Å². The van der Waals surface area contributed by atoms with Crippen molar-refractivity contribution in [1.82, 2.24) is 0 Å². The number of hydrogen-bond acceptors (Lipinski definition) is 2. The Labute approximate surface area is 157 Å². The predicted molar refractivity (Wildman–Crippen MR) is 109 cm³/mol. The Morgan fingerprint density at radius 2 is 1.65 bits per heavy atom. The third-order valence-electron chi connectivity index (χ3n) is 6.48. The van der Waals surface area contributed by atoms with Crippen LogP contribution in [0, 0.1) is 0 Å². The minimum atomic E-state index is -0.266. The number of esters is 1. The topological polar surface area (TPSA) is 26.3 Å². The van der Waals surface area contributed by atoms with E-state index in [0.29, 0.717) is 5.56 Å². The number of benzene rings is 2. The van der Waals surface area contributed by atoms with Crippen LogP contribution in [0.3, 0.4) is 0 Å². The molecular formula is C24H32O2. The fourth-order valence-corrected chi connectivity index (χ4v) is 4.23. The van der Waals surface area contributed by atoms with Crippen LogP contribution in [0.5, 0.6) is 0 Å². The summed E-state index contributed by atoms with van der Waals surface area (Å²) in [4.78, 5) is 13.1. The summed E-state index contributed by atoms with van der Waals surface area (Å²) in [5.74, 6) is -0.161. The molecule has 0 aliphatic heterocycles. The summed E-state index contributed by atoms with van der Waals surface area (Å²) in [7, 11) is 0. The van der Waals surface area contributed by atoms with E-state index in [9.17, 15) is 4.79 Å². The van der Waals surface area contributed by atoms with E-state index in [1.165, 1.54) is 17.4 Å². The first-order valence-corrected chi connectivity index (χ1v) is 10.2. The Hall–Kier alpha value is -1.83. The van der Waals surface area contributed by atoms with Crippen LogP contribution in [0.2, 0.25) is 0 Å². The molecule has 0 aromatic heterocycles. The van der Waals surface area contributed by atoms with E-state index in [1.54, 1.807) is 0 Å². The normalized spacial score (nSPS) is 17.2. The first-order chi connectivity index (χ1) is 12.4. The molecule has 1 fully saturated rings. The molecule has 1 aliphatic rings. The summed E-state index contributed by atoms with van der Waals surface area (Å²) < 4.78 is 6.14. The zero-order valence-electron chi connectivity index (χ0n) is 16.7. The van der Waals surface area contributed by atoms with Gasteiger partial charge in [0.2, 0.25) is 0 Å². The highest BCUT2D eigenvalue weighted by Gasteiger charge is 2.35. The predicted octanol–water partition coefficient (Wildman–Crippen LogP) is 6.80. The van der Waals surface area contributed by atoms with Crippen LogP contribution in [-0.2, 0) is 10.2 Å². The molecule has 3 rings (SSSR count). The molecule has 1 saturated carbocycles. The highest BCUT2D eigenvalue weighted by atomic mass is 16.6. The van der Waals surface area contributed by atoms with Gasteiger partial charge in [0.1, 0.15) is 5.60 Å². The lowest BCUT2D eigenvalue weighted by molar-refractivity contribution is -0.0395. The Morgan fingerprint density at radius 3 is 2.27 bits per heavy atom. The van der Waals surface area contributed by atoms with Gasteiger partial charge in [0.15, 0.2) is 0 Å². The standard InChI is InChI=1S/C24H32O2/c1-5-23(3,4)21-15-14-20(18-12-8-9-13-19(18)21)22(25)26-24(6-2)16-10-7-11-17-24/h8-9,12-15H,5-7,10-11,16-17H2,1-4H3. The number of carbonyl (C=O) groups is 1. The van der Waals surface area contributed by atoms with Gasteiger partial charge >= 0.3 is 5.97 Å². The number of fused-ring (bicyclic) bond motifs is 1. The van der Waals surface area contributed by atoms with Crippen LogP contribution in [0.15, 0.2) is 36.4 Å². The summed E-state index contributed by atoms with van der Waals surface area (Å²) in [6.07, 6.45) is 7.51. The molecule has 0 saturated heterocycles. The average Bonchev–Trinajstić information content (AvgIpc) is 2.67. The second kappa shape index (κ2) is 7.42. The highest BCUT2D eigenvalue weighted by molar-refractivity contribution is 6.05. The van der Waals surface area contributed by atoms with Crippen molar-refractivity contribution in [2.24, 2.45) is 0 Å². The fourth-order valence-electron chi connectivity index (χ4n) is 4.23. The summed E-state index contributed by atoms with van der Waals surface area (Å²) in [5.41, 5.74) is 1.82. The van der Waals surface area contributed by atoms with Crippen molar-refractivity contribution in [3.63, 3.8) is 0 Å². The summed E-state index contributed by atoms with van der Waals surface area (Å²) in [5, 5.41) is 2.18. The van der Waals surface area contributed by atoms with Crippen molar-refractivity contribution in [3.8, 4) is 0 Å². The molecule has 0 atom stereocenters. The maximum Gasteiger partial charge on any atom is 0.339 e. The molecule has 0 bridgehead atoms. The van der Waals surface area contributed by atoms with Gasteiger partial charge in [0.25, 0.3) is 0 Å². The lowest BCUT2D eigenvalue weighted by atomic mass is 9.79. The molecule has 2 aromatic rings. The summed E-state index contributed by atoms with van der Waals surface area (Å²) in [6.45, 7) is 8.89. The van der Waals surface area contributed by atoms with Crippen LogP contribution in [-0.4, -0.2) is 11.6 Å². The van der Waals surface area contributed by atoms with Gasteiger partial charge in [-0.3, -0.25) is 0 Å². The minimum Gasteiger partial charge on any atom is -0.455 e. The van der Waals surface area contributed by atoms with E-state index in [2.05, 4.69) is 52.0 Å². The number of carbonyl (C=O) groups excluding carboxylic acids is 1. The molecular weight excluding hydrogens is 320 g/mol. The lowest BCUT2D eigenvalue weighted by Crippen LogP contribution is -2.36. The summed E-state index contributed by atoms with van der Waals surface area (Å²) >= 11 is 0. The van der Waals surface area contributed by atoms with Gasteiger partial charge in [-0.05, 0) is 66.3 Å². The smallest absolute Gasteiger partial charge is 0.339 e. The maximum absolute atomic E-state index is 13.1. The second-order valence-electron chi connectivity index (χ2n) is 8.43. The van der Waals surface area contributed by atoms with Gasteiger partial charge in [-0.1, -0.05) is 64.4 Å². The number of ether oxygens (including phenoxy) is 1. The maximum atomic E-state index is 13.1. The Morgan fingerprint density at radius 1 is 1.00 bits per heavy atom. The van der Waals surface area contributed by atoms with Crippen LogP contribution >= 0.6 is 0 Å². The van der Waals surface area contributed by atoms with Crippen molar-refractivity contribution in [3.05, 3.63) is 47.5 Å². The molecule has 0 radical (unpaired) electrons. The number of hydrogen-bond donors (Lipinski definition) is 0. The van der Waals surface area contributed by atoms with Gasteiger partial charge in [0.05, 0.1) is 5.56 Å². The zero-order valence-corrected chi connectivity index (χ0v) is 16.7. The van der Waals surface area contributed by atoms with Crippen LogP contribution in [0.1, 0.15) is 88.6 Å². The van der Waals surface area contributed by atoms with E-state index in [4.69, 9.17) is 4.74 Å². The first-order valence-electron chi connectivity index (χ1n) is 10.2. The van der Waals surface area contributed by atoms with Gasteiger partial charge in [-0.2, -0.15) is 0 Å². The molecule has 2 aromatic carbocycles. The largest absolute Gasteiger partial charge is 0.455 e. The van der Waals surface area contributed by atoms with Crippen molar-refractivity contribution in [2.45, 2.75) is 83.7 Å². The van der Waals surface area contributed by atoms with Crippen LogP contribution in [0.4, 0.5) is 0 Å². The molecule has 0 N–H and O–H groups in total. The fraction of sp³-hybridized carbons (Fsp3) is 0.542. The minimum absolute atomic E-state index is 0.0794. The van der Waals surface area contributed by atoms with E-state index in [1.807, 2.05) is 12.1 Å². The van der Waals surface area contributed by atoms with Crippen molar-refractivity contribution in [1.29, 1.82) is 0 Å². The van der Waals surface area contributed by atoms with Crippen molar-refractivity contribution < 1.29 is 9.53 Å². The zero-order chi connectivity index (χ0) is 18.8. The third kappa shape index (κ3) is 3.51. The second-order valence-corrected chi connectivity index (χ2v) is 8.43. The Balaban J connectivity index is 2.00. The van der Waals surface area contributed by atoms with E-state index >= 15 is 0 Å². The van der Waals surface area contributed by atoms with Crippen molar-refractivity contribution >= 4 is 16.7 Å². The number of rotatable bonds is 5. The molecule has 2 nitrogen and oxygen atoms in total. The molecule has 0 unspecified atom stereocenters. The average molecular weight is 353 g/mol. The monoisotopic (exact) mass is 352 g/mol. The van der Waals surface area contributed by atoms with Crippen molar-refractivity contribution in [2.75, 3.05) is 0 Å². The molecule has 0 spiro atoms. The molecule has 1 aliphatic carbocycles. The SMILES string of the molecule is CCC1(OC(=O)c2ccc(C(C)(C)CC)c3ccccc23)CCCCC1. The van der Waals surface area contributed by atoms with Gasteiger partial charge in [0, 0.05) is 0 Å². The lowest BCUT2D eigenvalue weighted by Gasteiger charge is -2.36. The van der Waals surface area contributed by atoms with Crippen LogP contribution < -0.4 is 0 Å². The first kappa shape index (κ1) is 18.9. The van der Waals surface area contributed by atoms with Gasteiger partial charge < -0.3 is 4.74 Å². The quantitative estimate of drug-likeness (QED) is 0.553. The highest BCUT2D eigenvalue weighted by Crippen LogP contribution is 2.37. The van der Waals surface area contributed by atoms with E-state index in [-0.39, 0.29) is 17.0 Å². The molecule has 26 heavy (non-hydrogen) atoms.